The zero-order valence-electron chi connectivity index (χ0n) is 9.90. The van der Waals surface area contributed by atoms with Crippen molar-refractivity contribution in [1.82, 2.24) is 4.98 Å². The summed E-state index contributed by atoms with van der Waals surface area (Å²) in [6.07, 6.45) is 5.43. The summed E-state index contributed by atoms with van der Waals surface area (Å²) < 4.78 is 1.83. The van der Waals surface area contributed by atoms with E-state index in [0.29, 0.717) is 6.54 Å². The molecule has 2 rings (SSSR count). The first kappa shape index (κ1) is 13.6. The van der Waals surface area contributed by atoms with Crippen molar-refractivity contribution in [3.05, 3.63) is 53.6 Å². The summed E-state index contributed by atoms with van der Waals surface area (Å²) in [5.74, 6) is 0.141. The highest BCUT2D eigenvalue weighted by atomic mass is 79.9. The minimum absolute atomic E-state index is 0. The molecule has 4 heteroatoms. The Morgan fingerprint density at radius 3 is 2.71 bits per heavy atom. The second-order valence-corrected chi connectivity index (χ2v) is 4.03. The molecule has 2 aromatic rings. The van der Waals surface area contributed by atoms with Crippen LogP contribution in [0, 0.1) is 13.8 Å². The molecule has 0 fully saturated rings. The maximum Gasteiger partial charge on any atom is 0.241 e. The fraction of sp³-hybridized carbons (Fsp3) is 0.231. The van der Waals surface area contributed by atoms with Crippen molar-refractivity contribution in [1.29, 1.82) is 0 Å². The highest BCUT2D eigenvalue weighted by Crippen LogP contribution is 2.11. The fourth-order valence-electron chi connectivity index (χ4n) is 1.80. The zero-order valence-corrected chi connectivity index (χ0v) is 11.5. The molecule has 0 aliphatic carbocycles. The quantitative estimate of drug-likeness (QED) is 0.561. The molecule has 17 heavy (non-hydrogen) atoms. The van der Waals surface area contributed by atoms with Gasteiger partial charge in [0.1, 0.15) is 12.4 Å². The molecule has 0 bridgehead atoms. The number of hydrogen-bond donors (Lipinski definition) is 1. The topological polar surface area (TPSA) is 36.7 Å². The van der Waals surface area contributed by atoms with Crippen molar-refractivity contribution in [2.75, 3.05) is 0 Å². The van der Waals surface area contributed by atoms with E-state index in [1.165, 1.54) is 5.56 Å². The fourth-order valence-corrected chi connectivity index (χ4v) is 1.80. The molecule has 1 aromatic heterocycles. The lowest BCUT2D eigenvalue weighted by Crippen LogP contribution is -3.00. The Morgan fingerprint density at radius 1 is 1.35 bits per heavy atom. The number of Topliss-reactive ketones (excluding diaryl/α,β-unsaturated/α-hetero) is 1. The number of ketones is 1. The molecule has 0 aliphatic rings. The van der Waals surface area contributed by atoms with Crippen LogP contribution in [0.25, 0.3) is 0 Å². The predicted octanol–water partition coefficient (Wildman–Crippen LogP) is -1.19. The Balaban J connectivity index is 0.00000144. The van der Waals surface area contributed by atoms with Gasteiger partial charge < -0.3 is 17.0 Å². The number of aromatic nitrogens is 2. The van der Waals surface area contributed by atoms with Gasteiger partial charge in [-0.15, -0.1) is 0 Å². The lowest BCUT2D eigenvalue weighted by atomic mass is 10.0. The average molecular weight is 295 g/mol. The minimum Gasteiger partial charge on any atom is -1.00 e. The van der Waals surface area contributed by atoms with Gasteiger partial charge >= 0.3 is 0 Å². The Morgan fingerprint density at radius 2 is 2.12 bits per heavy atom. The third kappa shape index (κ3) is 3.27. The van der Waals surface area contributed by atoms with E-state index in [1.54, 1.807) is 12.5 Å². The van der Waals surface area contributed by atoms with Gasteiger partial charge in [-0.05, 0) is 19.4 Å². The number of halogens is 1. The van der Waals surface area contributed by atoms with Gasteiger partial charge in [0.05, 0.1) is 0 Å². The smallest absolute Gasteiger partial charge is 0.241 e. The summed E-state index contributed by atoms with van der Waals surface area (Å²) in [5, 5.41) is 0. The van der Waals surface area contributed by atoms with Gasteiger partial charge in [-0.1, -0.05) is 23.8 Å². The molecule has 1 heterocycles. The number of aryl methyl sites for hydroxylation is 2. The number of carbonyl (C=O) groups excluding carboxylic acids is 1. The maximum atomic E-state index is 12.0. The molecule has 0 radical (unpaired) electrons. The average Bonchev–Trinajstić information content (AvgIpc) is 2.70. The van der Waals surface area contributed by atoms with E-state index in [-0.39, 0.29) is 22.8 Å². The lowest BCUT2D eigenvalue weighted by Gasteiger charge is -2.04. The molecule has 0 unspecified atom stereocenters. The third-order valence-electron chi connectivity index (χ3n) is 2.61. The second kappa shape index (κ2) is 5.77. The largest absolute Gasteiger partial charge is 1.00 e. The number of rotatable bonds is 3. The molecule has 0 saturated heterocycles. The standard InChI is InChI=1S/C13H14N2O.BrH/c1-10-3-4-12(11(2)7-10)13(16)8-15-6-5-14-9-15;/h3-7,9H,8H2,1-2H3;1H. The van der Waals surface area contributed by atoms with Crippen LogP contribution in [0.2, 0.25) is 0 Å². The number of nitrogens with zero attached hydrogens (tertiary/aromatic N) is 1. The number of H-pyrrole nitrogens is 1. The van der Waals surface area contributed by atoms with Gasteiger partial charge in [-0.25, -0.2) is 4.57 Å². The van der Waals surface area contributed by atoms with Gasteiger partial charge in [0.2, 0.25) is 12.1 Å². The summed E-state index contributed by atoms with van der Waals surface area (Å²) in [7, 11) is 0. The van der Waals surface area contributed by atoms with Crippen LogP contribution in [-0.4, -0.2) is 10.8 Å². The molecule has 0 atom stereocenters. The Labute approximate surface area is 111 Å². The molecule has 3 nitrogen and oxygen atoms in total. The third-order valence-corrected chi connectivity index (χ3v) is 2.61. The van der Waals surface area contributed by atoms with Gasteiger partial charge in [0.25, 0.3) is 0 Å². The van der Waals surface area contributed by atoms with E-state index in [9.17, 15) is 4.79 Å². The van der Waals surface area contributed by atoms with E-state index in [2.05, 4.69) is 4.98 Å². The normalized spacial score (nSPS) is 9.76. The highest BCUT2D eigenvalue weighted by Gasteiger charge is 2.12. The zero-order chi connectivity index (χ0) is 11.5. The molecule has 0 amide bonds. The first-order valence-corrected chi connectivity index (χ1v) is 5.29. The summed E-state index contributed by atoms with van der Waals surface area (Å²) in [6.45, 7) is 4.39. The SMILES string of the molecule is Cc1ccc(C(=O)C[n+]2cc[nH]c2)c(C)c1.[Br-]. The van der Waals surface area contributed by atoms with E-state index in [1.807, 2.05) is 42.8 Å². The molecule has 1 aromatic carbocycles. The van der Waals surface area contributed by atoms with Crippen molar-refractivity contribution < 1.29 is 26.3 Å². The number of carbonyl (C=O) groups is 1. The Kier molecular flexibility index (Phi) is 4.63. The molecule has 0 saturated carbocycles. The summed E-state index contributed by atoms with van der Waals surface area (Å²) in [4.78, 5) is 14.9. The number of aromatic amines is 1. The predicted molar refractivity (Wildman–Crippen MR) is 61.2 cm³/mol. The van der Waals surface area contributed by atoms with Gasteiger partial charge in [-0.2, -0.15) is 0 Å². The van der Waals surface area contributed by atoms with Crippen LogP contribution >= 0.6 is 0 Å². The number of hydrogen-bond acceptors (Lipinski definition) is 1. The molecular formula is C13H15BrN2O. The first-order chi connectivity index (χ1) is 7.66. The summed E-state index contributed by atoms with van der Waals surface area (Å²) in [5.41, 5.74) is 3.03. The van der Waals surface area contributed by atoms with Crippen molar-refractivity contribution in [2.24, 2.45) is 0 Å². The van der Waals surface area contributed by atoms with E-state index in [4.69, 9.17) is 0 Å². The van der Waals surface area contributed by atoms with E-state index in [0.717, 1.165) is 11.1 Å². The van der Waals surface area contributed by atoms with Crippen LogP contribution in [0.1, 0.15) is 21.5 Å². The molecule has 0 aliphatic heterocycles. The van der Waals surface area contributed by atoms with Crippen LogP contribution in [0.3, 0.4) is 0 Å². The monoisotopic (exact) mass is 294 g/mol. The number of benzene rings is 1. The Hall–Kier alpha value is -1.42. The lowest BCUT2D eigenvalue weighted by molar-refractivity contribution is -0.681. The van der Waals surface area contributed by atoms with Crippen LogP contribution in [0.4, 0.5) is 0 Å². The molecule has 0 spiro atoms. The molecular weight excluding hydrogens is 280 g/mol. The van der Waals surface area contributed by atoms with Crippen molar-refractivity contribution in [2.45, 2.75) is 20.4 Å². The summed E-state index contributed by atoms with van der Waals surface area (Å²) >= 11 is 0. The van der Waals surface area contributed by atoms with Gasteiger partial charge in [-0.3, -0.25) is 9.78 Å². The number of nitrogens with one attached hydrogen (secondary N) is 1. The van der Waals surface area contributed by atoms with Crippen LogP contribution in [0.15, 0.2) is 36.9 Å². The molecule has 1 N–H and O–H groups in total. The Bertz CT molecular complexity index is 506. The number of imidazole rings is 1. The van der Waals surface area contributed by atoms with Gasteiger partial charge in [0, 0.05) is 5.56 Å². The van der Waals surface area contributed by atoms with Crippen molar-refractivity contribution in [3.63, 3.8) is 0 Å². The van der Waals surface area contributed by atoms with E-state index < -0.39 is 0 Å². The minimum atomic E-state index is 0. The summed E-state index contributed by atoms with van der Waals surface area (Å²) in [6, 6.07) is 5.91. The second-order valence-electron chi connectivity index (χ2n) is 4.03. The first-order valence-electron chi connectivity index (χ1n) is 5.29. The van der Waals surface area contributed by atoms with Crippen LogP contribution < -0.4 is 21.5 Å². The molecule has 90 valence electrons. The van der Waals surface area contributed by atoms with Gasteiger partial charge in [0.15, 0.2) is 6.54 Å². The van der Waals surface area contributed by atoms with E-state index >= 15 is 0 Å². The van der Waals surface area contributed by atoms with Crippen molar-refractivity contribution in [3.8, 4) is 0 Å². The highest BCUT2D eigenvalue weighted by molar-refractivity contribution is 5.96. The van der Waals surface area contributed by atoms with Crippen LogP contribution in [-0.2, 0) is 6.54 Å². The van der Waals surface area contributed by atoms with Crippen molar-refractivity contribution >= 4 is 5.78 Å². The van der Waals surface area contributed by atoms with Crippen LogP contribution in [0.5, 0.6) is 0 Å². The maximum absolute atomic E-state index is 12.0.